The van der Waals surface area contributed by atoms with Crippen molar-refractivity contribution in [1.82, 2.24) is 10.6 Å². The molecule has 1 aliphatic rings. The zero-order valence-electron chi connectivity index (χ0n) is 13.2. The lowest BCUT2D eigenvalue weighted by Gasteiger charge is -2.28. The van der Waals surface area contributed by atoms with E-state index in [-0.39, 0.29) is 22.8 Å². The van der Waals surface area contributed by atoms with Gasteiger partial charge < -0.3 is 25.2 Å². The summed E-state index contributed by atoms with van der Waals surface area (Å²) in [6.45, 7) is -0.379. The Kier molecular flexibility index (Phi) is 5.10. The van der Waals surface area contributed by atoms with E-state index in [0.717, 1.165) is 0 Å². The molecular formula is C15H15F3N2O5. The van der Waals surface area contributed by atoms with Gasteiger partial charge in [0.25, 0.3) is 0 Å². The van der Waals surface area contributed by atoms with Gasteiger partial charge in [-0.25, -0.2) is 9.59 Å². The minimum Gasteiger partial charge on any atom is -0.504 e. The van der Waals surface area contributed by atoms with Crippen LogP contribution in [-0.2, 0) is 9.53 Å². The highest BCUT2D eigenvalue weighted by molar-refractivity contribution is 5.95. The summed E-state index contributed by atoms with van der Waals surface area (Å²) >= 11 is 0. The lowest BCUT2D eigenvalue weighted by Crippen LogP contribution is -2.45. The largest absolute Gasteiger partial charge is 0.504 e. The maximum Gasteiger partial charge on any atom is 0.422 e. The van der Waals surface area contributed by atoms with E-state index in [0.29, 0.717) is 5.56 Å². The molecule has 1 aromatic rings. The summed E-state index contributed by atoms with van der Waals surface area (Å²) in [7, 11) is 1.30. The van der Waals surface area contributed by atoms with Crippen LogP contribution in [0.1, 0.15) is 18.5 Å². The molecule has 2 amide bonds. The molecule has 10 heteroatoms. The number of hydrogen-bond donors (Lipinski definition) is 3. The number of rotatable bonds is 4. The number of allylic oxidation sites excluding steroid dienone is 1. The van der Waals surface area contributed by atoms with Crippen LogP contribution >= 0.6 is 0 Å². The van der Waals surface area contributed by atoms with Crippen molar-refractivity contribution < 1.29 is 37.3 Å². The summed E-state index contributed by atoms with van der Waals surface area (Å²) < 4.78 is 46.1. The Morgan fingerprint density at radius 2 is 2.04 bits per heavy atom. The van der Waals surface area contributed by atoms with Gasteiger partial charge in [-0.3, -0.25) is 0 Å². The maximum absolute atomic E-state index is 12.3. The summed E-state index contributed by atoms with van der Waals surface area (Å²) in [5, 5.41) is 14.4. The topological polar surface area (TPSA) is 96.9 Å². The van der Waals surface area contributed by atoms with Crippen molar-refractivity contribution in [1.29, 1.82) is 0 Å². The van der Waals surface area contributed by atoms with Crippen LogP contribution in [0.3, 0.4) is 0 Å². The van der Waals surface area contributed by atoms with E-state index < -0.39 is 30.8 Å². The standard InChI is InChI=1S/C15H15F3N2O5/c1-7-11(13(22)25-6-15(16,17)18)12(20-14(23)19-7)8-3-4-9(21)10(5-8)24-2/h3-5,12,21H,6H2,1-2H3,(H2,19,20,23)/t12-/m1/s1. The molecule has 0 bridgehead atoms. The molecule has 2 rings (SSSR count). The first-order valence-corrected chi connectivity index (χ1v) is 7.01. The summed E-state index contributed by atoms with van der Waals surface area (Å²) in [6, 6.07) is 2.33. The number of carbonyl (C=O) groups is 2. The van der Waals surface area contributed by atoms with Crippen LogP contribution < -0.4 is 15.4 Å². The molecule has 136 valence electrons. The molecule has 1 atom stereocenters. The highest BCUT2D eigenvalue weighted by Crippen LogP contribution is 2.34. The van der Waals surface area contributed by atoms with Crippen LogP contribution in [0.5, 0.6) is 11.5 Å². The third kappa shape index (κ3) is 4.34. The van der Waals surface area contributed by atoms with Gasteiger partial charge in [0.05, 0.1) is 18.7 Å². The molecule has 0 saturated carbocycles. The maximum atomic E-state index is 12.3. The van der Waals surface area contributed by atoms with Crippen LogP contribution in [0, 0.1) is 0 Å². The minimum atomic E-state index is -4.67. The molecule has 7 nitrogen and oxygen atoms in total. The molecule has 0 spiro atoms. The first-order valence-electron chi connectivity index (χ1n) is 7.01. The second-order valence-electron chi connectivity index (χ2n) is 5.19. The molecule has 1 heterocycles. The van der Waals surface area contributed by atoms with E-state index in [1.807, 2.05) is 0 Å². The number of phenols is 1. The zero-order valence-corrected chi connectivity index (χ0v) is 13.2. The second kappa shape index (κ2) is 6.91. The van der Waals surface area contributed by atoms with Crippen molar-refractivity contribution in [3.8, 4) is 11.5 Å². The molecule has 0 aromatic heterocycles. The van der Waals surface area contributed by atoms with Crippen molar-refractivity contribution in [2.75, 3.05) is 13.7 Å². The lowest BCUT2D eigenvalue weighted by atomic mass is 9.95. The Morgan fingerprint density at radius 1 is 1.36 bits per heavy atom. The van der Waals surface area contributed by atoms with Crippen molar-refractivity contribution in [3.05, 3.63) is 35.0 Å². The van der Waals surface area contributed by atoms with Crippen LogP contribution in [0.4, 0.5) is 18.0 Å². The van der Waals surface area contributed by atoms with Crippen LogP contribution in [0.25, 0.3) is 0 Å². The number of methoxy groups -OCH3 is 1. The summed E-state index contributed by atoms with van der Waals surface area (Å²) in [5.41, 5.74) is 0.201. The van der Waals surface area contributed by atoms with Gasteiger partial charge in [0.15, 0.2) is 18.1 Å². The quantitative estimate of drug-likeness (QED) is 0.715. The van der Waals surface area contributed by atoms with Crippen molar-refractivity contribution in [2.24, 2.45) is 0 Å². The Hall–Kier alpha value is -2.91. The molecule has 0 radical (unpaired) electrons. The number of carbonyl (C=O) groups excluding carboxylic acids is 2. The van der Waals surface area contributed by atoms with Crippen LogP contribution in [-0.4, -0.2) is 37.0 Å². The molecule has 25 heavy (non-hydrogen) atoms. The number of nitrogens with one attached hydrogen (secondary N) is 2. The Bertz CT molecular complexity index is 730. The van der Waals surface area contributed by atoms with Gasteiger partial charge in [0, 0.05) is 5.70 Å². The molecule has 1 aliphatic heterocycles. The third-order valence-electron chi connectivity index (χ3n) is 3.39. The number of phenolic OH excluding ortho intramolecular Hbond substituents is 1. The first kappa shape index (κ1) is 18.4. The highest BCUT2D eigenvalue weighted by Gasteiger charge is 2.35. The molecular weight excluding hydrogens is 345 g/mol. The smallest absolute Gasteiger partial charge is 0.422 e. The minimum absolute atomic E-state index is 0.0629. The molecule has 0 saturated heterocycles. The summed E-state index contributed by atoms with van der Waals surface area (Å²) in [4.78, 5) is 23.8. The number of ether oxygens (including phenoxy) is 2. The van der Waals surface area contributed by atoms with E-state index >= 15 is 0 Å². The number of benzene rings is 1. The van der Waals surface area contributed by atoms with Crippen LogP contribution in [0.2, 0.25) is 0 Å². The molecule has 0 aliphatic carbocycles. The number of alkyl halides is 3. The van der Waals surface area contributed by atoms with E-state index in [1.165, 1.54) is 32.2 Å². The van der Waals surface area contributed by atoms with Gasteiger partial charge in [-0.15, -0.1) is 0 Å². The van der Waals surface area contributed by atoms with Gasteiger partial charge in [-0.05, 0) is 24.6 Å². The van der Waals surface area contributed by atoms with Gasteiger partial charge in [0.1, 0.15) is 0 Å². The number of urea groups is 1. The summed E-state index contributed by atoms with van der Waals surface area (Å²) in [5.74, 6) is -1.32. The van der Waals surface area contributed by atoms with Crippen molar-refractivity contribution in [2.45, 2.75) is 19.1 Å². The van der Waals surface area contributed by atoms with Gasteiger partial charge >= 0.3 is 18.2 Å². The number of aromatic hydroxyl groups is 1. The molecule has 0 unspecified atom stereocenters. The van der Waals surface area contributed by atoms with Crippen LogP contribution in [0.15, 0.2) is 29.5 Å². The van der Waals surface area contributed by atoms with Gasteiger partial charge in [-0.2, -0.15) is 13.2 Å². The molecule has 0 fully saturated rings. The van der Waals surface area contributed by atoms with Crippen molar-refractivity contribution >= 4 is 12.0 Å². The Balaban J connectivity index is 2.38. The number of esters is 1. The Morgan fingerprint density at radius 3 is 2.64 bits per heavy atom. The third-order valence-corrected chi connectivity index (χ3v) is 3.39. The number of amides is 2. The fourth-order valence-corrected chi connectivity index (χ4v) is 2.31. The molecule has 1 aromatic carbocycles. The number of hydrogen-bond acceptors (Lipinski definition) is 5. The summed E-state index contributed by atoms with van der Waals surface area (Å²) in [6.07, 6.45) is -4.67. The molecule has 3 N–H and O–H groups in total. The average Bonchev–Trinajstić information content (AvgIpc) is 2.51. The zero-order chi connectivity index (χ0) is 18.8. The fourth-order valence-electron chi connectivity index (χ4n) is 2.31. The normalized spacial score (nSPS) is 17.6. The van der Waals surface area contributed by atoms with E-state index in [9.17, 15) is 27.9 Å². The predicted molar refractivity (Wildman–Crippen MR) is 78.8 cm³/mol. The first-order chi connectivity index (χ1) is 11.6. The average molecular weight is 360 g/mol. The SMILES string of the molecule is COc1cc([C@H]2NC(=O)NC(C)=C2C(=O)OCC(F)(F)F)ccc1O. The Labute approximate surface area is 140 Å². The lowest BCUT2D eigenvalue weighted by molar-refractivity contribution is -0.183. The van der Waals surface area contributed by atoms with Gasteiger partial charge in [-0.1, -0.05) is 6.07 Å². The van der Waals surface area contributed by atoms with Gasteiger partial charge in [0.2, 0.25) is 0 Å². The van der Waals surface area contributed by atoms with Crippen molar-refractivity contribution in [3.63, 3.8) is 0 Å². The highest BCUT2D eigenvalue weighted by atomic mass is 19.4. The second-order valence-corrected chi connectivity index (χ2v) is 5.19. The monoisotopic (exact) mass is 360 g/mol. The number of halogens is 3. The van der Waals surface area contributed by atoms with E-state index in [2.05, 4.69) is 15.4 Å². The van der Waals surface area contributed by atoms with E-state index in [4.69, 9.17) is 4.74 Å². The fraction of sp³-hybridized carbons (Fsp3) is 0.333. The predicted octanol–water partition coefficient (Wildman–Crippen LogP) is 2.13. The van der Waals surface area contributed by atoms with E-state index in [1.54, 1.807) is 0 Å².